The molecule has 0 saturated carbocycles. The highest BCUT2D eigenvalue weighted by molar-refractivity contribution is 8.18. The van der Waals surface area contributed by atoms with E-state index in [1.165, 1.54) is 23.9 Å². The monoisotopic (exact) mass is 354 g/mol. The Balaban J connectivity index is 1.82. The molecule has 1 fully saturated rings. The number of amidine groups is 1. The van der Waals surface area contributed by atoms with E-state index in [0.29, 0.717) is 21.5 Å². The molecule has 25 heavy (non-hydrogen) atoms. The Morgan fingerprint density at radius 3 is 2.60 bits per heavy atom. The van der Waals surface area contributed by atoms with Crippen molar-refractivity contribution in [3.05, 3.63) is 64.6 Å². The van der Waals surface area contributed by atoms with Crippen molar-refractivity contribution in [2.24, 2.45) is 4.99 Å². The second-order valence-electron chi connectivity index (χ2n) is 5.08. The molecule has 1 saturated heterocycles. The Bertz CT molecular complexity index is 888. The van der Waals surface area contributed by atoms with Crippen molar-refractivity contribution in [1.29, 1.82) is 0 Å². The zero-order valence-corrected chi connectivity index (χ0v) is 14.0. The Morgan fingerprint density at radius 2 is 1.92 bits per heavy atom. The van der Waals surface area contributed by atoms with E-state index in [1.54, 1.807) is 25.3 Å². The number of para-hydroxylation sites is 1. The van der Waals surface area contributed by atoms with Crippen LogP contribution in [0.5, 0.6) is 5.75 Å². The van der Waals surface area contributed by atoms with E-state index in [2.05, 4.69) is 10.3 Å². The van der Waals surface area contributed by atoms with Crippen molar-refractivity contribution in [1.82, 2.24) is 5.32 Å². The third-order valence-electron chi connectivity index (χ3n) is 3.42. The number of aromatic carboxylic acids is 1. The molecule has 0 atom stereocenters. The lowest BCUT2D eigenvalue weighted by Gasteiger charge is -2.03. The van der Waals surface area contributed by atoms with E-state index in [9.17, 15) is 9.59 Å². The number of amides is 1. The van der Waals surface area contributed by atoms with Crippen molar-refractivity contribution >= 4 is 40.6 Å². The van der Waals surface area contributed by atoms with Crippen molar-refractivity contribution in [3.8, 4) is 5.75 Å². The molecule has 126 valence electrons. The number of carboxylic acids is 1. The lowest BCUT2D eigenvalue weighted by atomic mass is 10.2. The van der Waals surface area contributed by atoms with E-state index >= 15 is 0 Å². The zero-order chi connectivity index (χ0) is 17.8. The molecule has 2 aromatic rings. The first-order chi connectivity index (χ1) is 12.1. The van der Waals surface area contributed by atoms with Crippen LogP contribution >= 0.6 is 11.8 Å². The van der Waals surface area contributed by atoms with Crippen molar-refractivity contribution in [2.45, 2.75) is 0 Å². The van der Waals surface area contributed by atoms with Crippen LogP contribution in [-0.2, 0) is 4.79 Å². The van der Waals surface area contributed by atoms with E-state index in [0.717, 1.165) is 5.56 Å². The molecule has 2 N–H and O–H groups in total. The summed E-state index contributed by atoms with van der Waals surface area (Å²) in [6.07, 6.45) is 1.74. The van der Waals surface area contributed by atoms with Gasteiger partial charge in [-0.1, -0.05) is 18.2 Å². The number of aliphatic imine (C=N–C) groups is 1. The molecule has 1 aliphatic heterocycles. The molecule has 1 aliphatic rings. The van der Waals surface area contributed by atoms with Gasteiger partial charge in [-0.25, -0.2) is 9.79 Å². The normalized spacial score (nSPS) is 16.9. The molecule has 0 unspecified atom stereocenters. The minimum atomic E-state index is -0.996. The lowest BCUT2D eigenvalue weighted by molar-refractivity contribution is -0.115. The number of hydrogen-bond donors (Lipinski definition) is 2. The van der Waals surface area contributed by atoms with Gasteiger partial charge in [-0.05, 0) is 48.2 Å². The fourth-order valence-corrected chi connectivity index (χ4v) is 3.04. The number of carboxylic acid groups (broad SMARTS) is 1. The fourth-order valence-electron chi connectivity index (χ4n) is 2.20. The van der Waals surface area contributed by atoms with E-state index in [4.69, 9.17) is 9.84 Å². The van der Waals surface area contributed by atoms with E-state index in [-0.39, 0.29) is 11.5 Å². The summed E-state index contributed by atoms with van der Waals surface area (Å²) in [6, 6.07) is 13.5. The highest BCUT2D eigenvalue weighted by Gasteiger charge is 2.24. The van der Waals surface area contributed by atoms with Gasteiger partial charge in [-0.15, -0.1) is 0 Å². The van der Waals surface area contributed by atoms with Gasteiger partial charge in [-0.3, -0.25) is 4.79 Å². The summed E-state index contributed by atoms with van der Waals surface area (Å²) in [7, 11) is 1.58. The molecule has 2 aromatic carbocycles. The summed E-state index contributed by atoms with van der Waals surface area (Å²) >= 11 is 1.22. The van der Waals surface area contributed by atoms with Crippen LogP contribution in [0, 0.1) is 0 Å². The molecule has 3 rings (SSSR count). The number of thioether (sulfide) groups is 1. The van der Waals surface area contributed by atoms with Gasteiger partial charge in [0.2, 0.25) is 0 Å². The molecule has 0 spiro atoms. The fraction of sp³-hybridized carbons (Fsp3) is 0.0556. The summed E-state index contributed by atoms with van der Waals surface area (Å²) in [5.74, 6) is -0.556. The summed E-state index contributed by atoms with van der Waals surface area (Å²) in [5.41, 5.74) is 1.55. The van der Waals surface area contributed by atoms with Crippen LogP contribution in [-0.4, -0.2) is 29.3 Å². The molecule has 0 bridgehead atoms. The Hall–Kier alpha value is -3.06. The standard InChI is InChI=1S/C18H14N2O4S/c1-24-14-5-3-2-4-12(14)10-15-16(21)20-18(25-15)19-13-8-6-11(7-9-13)17(22)23/h2-10H,1H3,(H,22,23)(H,19,20,21)/b15-10-. The predicted octanol–water partition coefficient (Wildman–Crippen LogP) is 3.29. The zero-order valence-electron chi connectivity index (χ0n) is 13.2. The Kier molecular flexibility index (Phi) is 4.85. The van der Waals surface area contributed by atoms with Crippen LogP contribution in [0.2, 0.25) is 0 Å². The van der Waals surface area contributed by atoms with Gasteiger partial charge in [0, 0.05) is 5.56 Å². The molecule has 0 radical (unpaired) electrons. The first-order valence-corrected chi connectivity index (χ1v) is 8.14. The third-order valence-corrected chi connectivity index (χ3v) is 4.33. The Morgan fingerprint density at radius 1 is 1.20 bits per heavy atom. The Labute approximate surface area is 148 Å². The predicted molar refractivity (Wildman–Crippen MR) is 97.2 cm³/mol. The van der Waals surface area contributed by atoms with Gasteiger partial charge >= 0.3 is 5.97 Å². The maximum atomic E-state index is 12.1. The van der Waals surface area contributed by atoms with Gasteiger partial charge in [0.15, 0.2) is 5.17 Å². The number of hydrogen-bond acceptors (Lipinski definition) is 5. The highest BCUT2D eigenvalue weighted by atomic mass is 32.2. The molecular formula is C18H14N2O4S. The van der Waals surface area contributed by atoms with Gasteiger partial charge in [-0.2, -0.15) is 0 Å². The summed E-state index contributed by atoms with van der Waals surface area (Å²) in [4.78, 5) is 27.8. The lowest BCUT2D eigenvalue weighted by Crippen LogP contribution is -2.19. The number of carbonyl (C=O) groups excluding carboxylic acids is 1. The van der Waals surface area contributed by atoms with E-state index in [1.807, 2.05) is 24.3 Å². The van der Waals surface area contributed by atoms with Crippen LogP contribution in [0.4, 0.5) is 5.69 Å². The van der Waals surface area contributed by atoms with Crippen LogP contribution in [0.25, 0.3) is 6.08 Å². The smallest absolute Gasteiger partial charge is 0.335 e. The number of nitrogens with zero attached hydrogens (tertiary/aromatic N) is 1. The second-order valence-corrected chi connectivity index (χ2v) is 6.11. The number of carbonyl (C=O) groups is 2. The largest absolute Gasteiger partial charge is 0.496 e. The number of methoxy groups -OCH3 is 1. The molecule has 1 amide bonds. The SMILES string of the molecule is COc1ccccc1/C=C1\SC(=Nc2ccc(C(=O)O)cc2)NC1=O. The average molecular weight is 354 g/mol. The first kappa shape index (κ1) is 16.8. The summed E-state index contributed by atoms with van der Waals surface area (Å²) in [5, 5.41) is 12.0. The summed E-state index contributed by atoms with van der Waals surface area (Å²) in [6.45, 7) is 0. The van der Waals surface area contributed by atoms with E-state index < -0.39 is 5.97 Å². The molecular weight excluding hydrogens is 340 g/mol. The topological polar surface area (TPSA) is 88.0 Å². The molecule has 0 aromatic heterocycles. The maximum Gasteiger partial charge on any atom is 0.335 e. The molecule has 1 heterocycles. The average Bonchev–Trinajstić information content (AvgIpc) is 2.95. The van der Waals surface area contributed by atoms with Crippen LogP contribution in [0.1, 0.15) is 15.9 Å². The number of nitrogens with one attached hydrogen (secondary N) is 1. The minimum absolute atomic E-state index is 0.184. The first-order valence-electron chi connectivity index (χ1n) is 7.33. The van der Waals surface area contributed by atoms with Gasteiger partial charge < -0.3 is 15.2 Å². The minimum Gasteiger partial charge on any atom is -0.496 e. The van der Waals surface area contributed by atoms with Crippen LogP contribution in [0.15, 0.2) is 58.4 Å². The third kappa shape index (κ3) is 3.89. The van der Waals surface area contributed by atoms with Crippen molar-refractivity contribution in [2.75, 3.05) is 7.11 Å². The molecule has 6 nitrogen and oxygen atoms in total. The van der Waals surface area contributed by atoms with Crippen molar-refractivity contribution in [3.63, 3.8) is 0 Å². The maximum absolute atomic E-state index is 12.1. The summed E-state index contributed by atoms with van der Waals surface area (Å²) < 4.78 is 5.28. The second kappa shape index (κ2) is 7.23. The highest BCUT2D eigenvalue weighted by Crippen LogP contribution is 2.30. The van der Waals surface area contributed by atoms with Crippen LogP contribution in [0.3, 0.4) is 0 Å². The molecule has 0 aliphatic carbocycles. The number of ether oxygens (including phenoxy) is 1. The van der Waals surface area contributed by atoms with Gasteiger partial charge in [0.25, 0.3) is 5.91 Å². The molecule has 7 heteroatoms. The van der Waals surface area contributed by atoms with Crippen molar-refractivity contribution < 1.29 is 19.4 Å². The van der Waals surface area contributed by atoms with Gasteiger partial charge in [0.1, 0.15) is 5.75 Å². The van der Waals surface area contributed by atoms with Crippen LogP contribution < -0.4 is 10.1 Å². The number of rotatable bonds is 4. The quantitative estimate of drug-likeness (QED) is 0.823. The number of benzene rings is 2. The van der Waals surface area contributed by atoms with Gasteiger partial charge in [0.05, 0.1) is 23.3 Å².